The SMILES string of the molecule is Cc1cccn2cc(-c3ccc(NC(=O)c4ccc(S(C)(=O)=O)cc4N4CCN(C)CC4)cc3)nc12. The van der Waals surface area contributed by atoms with Crippen molar-refractivity contribution in [2.75, 3.05) is 49.7 Å². The topological polar surface area (TPSA) is 87.0 Å². The van der Waals surface area contributed by atoms with E-state index in [9.17, 15) is 13.2 Å². The number of aromatic nitrogens is 2. The van der Waals surface area contributed by atoms with Gasteiger partial charge in [0.15, 0.2) is 9.84 Å². The Balaban J connectivity index is 1.40. The highest BCUT2D eigenvalue weighted by atomic mass is 32.2. The zero-order chi connectivity index (χ0) is 25.4. The molecular formula is C27H29N5O3S. The van der Waals surface area contributed by atoms with Crippen LogP contribution in [0.25, 0.3) is 16.9 Å². The summed E-state index contributed by atoms with van der Waals surface area (Å²) in [6, 6.07) is 16.3. The number of fused-ring (bicyclic) bond motifs is 1. The monoisotopic (exact) mass is 503 g/mol. The molecule has 8 nitrogen and oxygen atoms in total. The van der Waals surface area contributed by atoms with Crippen LogP contribution >= 0.6 is 0 Å². The predicted molar refractivity (Wildman–Crippen MR) is 143 cm³/mol. The number of anilines is 2. The molecule has 1 amide bonds. The molecule has 4 aromatic rings. The first kappa shape index (κ1) is 24.0. The Morgan fingerprint density at radius 2 is 1.72 bits per heavy atom. The Labute approximate surface area is 211 Å². The number of imidazole rings is 1. The molecule has 36 heavy (non-hydrogen) atoms. The molecule has 0 bridgehead atoms. The van der Waals surface area contributed by atoms with Crippen molar-refractivity contribution in [3.63, 3.8) is 0 Å². The molecule has 1 N–H and O–H groups in total. The van der Waals surface area contributed by atoms with Gasteiger partial charge in [0.25, 0.3) is 5.91 Å². The van der Waals surface area contributed by atoms with Gasteiger partial charge in [0.1, 0.15) is 5.65 Å². The van der Waals surface area contributed by atoms with Crippen molar-refractivity contribution in [2.24, 2.45) is 0 Å². The van der Waals surface area contributed by atoms with Gasteiger partial charge in [-0.1, -0.05) is 18.2 Å². The Bertz CT molecular complexity index is 1540. The number of nitrogens with one attached hydrogen (secondary N) is 1. The Kier molecular flexibility index (Phi) is 6.27. The second kappa shape index (κ2) is 9.40. The third kappa shape index (κ3) is 4.84. The van der Waals surface area contributed by atoms with Crippen LogP contribution in [0.15, 0.2) is 71.9 Å². The van der Waals surface area contributed by atoms with Crippen molar-refractivity contribution in [2.45, 2.75) is 11.8 Å². The lowest BCUT2D eigenvalue weighted by Gasteiger charge is -2.35. The van der Waals surface area contributed by atoms with Gasteiger partial charge < -0.3 is 19.5 Å². The standard InChI is InChI=1S/C27H29N5O3S/c1-19-5-4-12-32-18-24(29-26(19)32)20-6-8-21(9-7-20)28-27(33)23-11-10-22(36(3,34)35)17-25(23)31-15-13-30(2)14-16-31/h4-12,17-18H,13-16H2,1-3H3,(H,28,33). The second-order valence-electron chi connectivity index (χ2n) is 9.32. The zero-order valence-electron chi connectivity index (χ0n) is 20.6. The lowest BCUT2D eigenvalue weighted by Crippen LogP contribution is -2.45. The lowest BCUT2D eigenvalue weighted by atomic mass is 10.1. The molecule has 2 aromatic heterocycles. The number of hydrogen-bond acceptors (Lipinski definition) is 6. The molecule has 1 saturated heterocycles. The van der Waals surface area contributed by atoms with Gasteiger partial charge in [0, 0.05) is 56.1 Å². The molecule has 3 heterocycles. The highest BCUT2D eigenvalue weighted by Crippen LogP contribution is 2.28. The van der Waals surface area contributed by atoms with Gasteiger partial charge in [-0.2, -0.15) is 0 Å². The zero-order valence-corrected chi connectivity index (χ0v) is 21.4. The molecule has 186 valence electrons. The van der Waals surface area contributed by atoms with Crippen molar-refractivity contribution in [1.82, 2.24) is 14.3 Å². The molecule has 2 aromatic carbocycles. The van der Waals surface area contributed by atoms with Crippen molar-refractivity contribution >= 4 is 32.8 Å². The van der Waals surface area contributed by atoms with Crippen LogP contribution in [0.2, 0.25) is 0 Å². The van der Waals surface area contributed by atoms with E-state index in [1.165, 1.54) is 12.3 Å². The first-order chi connectivity index (χ1) is 17.2. The Hall–Kier alpha value is -3.69. The summed E-state index contributed by atoms with van der Waals surface area (Å²) in [5.74, 6) is -0.278. The molecule has 0 aliphatic carbocycles. The molecule has 9 heteroatoms. The summed E-state index contributed by atoms with van der Waals surface area (Å²) < 4.78 is 26.4. The second-order valence-corrected chi connectivity index (χ2v) is 11.3. The van der Waals surface area contributed by atoms with Crippen molar-refractivity contribution in [3.05, 3.63) is 78.1 Å². The molecule has 1 aliphatic heterocycles. The van der Waals surface area contributed by atoms with E-state index in [-0.39, 0.29) is 10.8 Å². The minimum atomic E-state index is -3.40. The van der Waals surface area contributed by atoms with E-state index in [2.05, 4.69) is 22.2 Å². The van der Waals surface area contributed by atoms with Crippen LogP contribution in [-0.2, 0) is 9.84 Å². The van der Waals surface area contributed by atoms with Crippen LogP contribution in [-0.4, -0.2) is 68.1 Å². The minimum Gasteiger partial charge on any atom is -0.368 e. The van der Waals surface area contributed by atoms with Crippen LogP contribution in [0.3, 0.4) is 0 Å². The summed E-state index contributed by atoms with van der Waals surface area (Å²) in [6.07, 6.45) is 5.14. The third-order valence-electron chi connectivity index (χ3n) is 6.60. The van der Waals surface area contributed by atoms with E-state index in [0.29, 0.717) is 16.9 Å². The first-order valence-electron chi connectivity index (χ1n) is 11.8. The van der Waals surface area contributed by atoms with Gasteiger partial charge in [-0.05, 0) is 55.9 Å². The van der Waals surface area contributed by atoms with Crippen LogP contribution in [0.5, 0.6) is 0 Å². The van der Waals surface area contributed by atoms with Crippen LogP contribution in [0.1, 0.15) is 15.9 Å². The summed E-state index contributed by atoms with van der Waals surface area (Å²) in [6.45, 7) is 5.15. The maximum absolute atomic E-state index is 13.3. The van der Waals surface area contributed by atoms with Crippen molar-refractivity contribution < 1.29 is 13.2 Å². The van der Waals surface area contributed by atoms with E-state index in [0.717, 1.165) is 48.6 Å². The quantitative estimate of drug-likeness (QED) is 0.447. The van der Waals surface area contributed by atoms with Gasteiger partial charge in [0.05, 0.1) is 21.8 Å². The summed E-state index contributed by atoms with van der Waals surface area (Å²) in [7, 11) is -1.35. The highest BCUT2D eigenvalue weighted by molar-refractivity contribution is 7.90. The fraction of sp³-hybridized carbons (Fsp3) is 0.259. The number of nitrogens with zero attached hydrogens (tertiary/aromatic N) is 4. The van der Waals surface area contributed by atoms with E-state index < -0.39 is 9.84 Å². The van der Waals surface area contributed by atoms with E-state index in [1.54, 1.807) is 12.1 Å². The molecule has 0 atom stereocenters. The molecule has 0 radical (unpaired) electrons. The molecule has 0 unspecified atom stereocenters. The van der Waals surface area contributed by atoms with E-state index in [1.807, 2.05) is 60.1 Å². The summed E-state index contributed by atoms with van der Waals surface area (Å²) in [5.41, 5.74) is 5.57. The number of benzene rings is 2. The fourth-order valence-electron chi connectivity index (χ4n) is 4.46. The minimum absolute atomic E-state index is 0.208. The van der Waals surface area contributed by atoms with Gasteiger partial charge in [-0.15, -0.1) is 0 Å². The normalized spacial score (nSPS) is 14.8. The van der Waals surface area contributed by atoms with E-state index >= 15 is 0 Å². The molecule has 0 saturated carbocycles. The molecule has 1 fully saturated rings. The maximum Gasteiger partial charge on any atom is 0.257 e. The average Bonchev–Trinajstić information content (AvgIpc) is 3.30. The Morgan fingerprint density at radius 3 is 2.39 bits per heavy atom. The molecule has 0 spiro atoms. The fourth-order valence-corrected chi connectivity index (χ4v) is 5.10. The van der Waals surface area contributed by atoms with Crippen molar-refractivity contribution in [1.29, 1.82) is 0 Å². The maximum atomic E-state index is 13.3. The third-order valence-corrected chi connectivity index (χ3v) is 7.71. The lowest BCUT2D eigenvalue weighted by molar-refractivity contribution is 0.102. The molecular weight excluding hydrogens is 474 g/mol. The van der Waals surface area contributed by atoms with Gasteiger partial charge in [-0.25, -0.2) is 13.4 Å². The van der Waals surface area contributed by atoms with Gasteiger partial charge in [0.2, 0.25) is 0 Å². The predicted octanol–water partition coefficient (Wildman–Crippen LogP) is 3.72. The smallest absolute Gasteiger partial charge is 0.257 e. The number of sulfone groups is 1. The summed E-state index contributed by atoms with van der Waals surface area (Å²) in [5, 5.41) is 2.97. The number of aryl methyl sites for hydroxylation is 1. The van der Waals surface area contributed by atoms with Crippen LogP contribution in [0, 0.1) is 6.92 Å². The summed E-state index contributed by atoms with van der Waals surface area (Å²) >= 11 is 0. The van der Waals surface area contributed by atoms with Crippen molar-refractivity contribution in [3.8, 4) is 11.3 Å². The van der Waals surface area contributed by atoms with Gasteiger partial charge in [-0.3, -0.25) is 4.79 Å². The first-order valence-corrected chi connectivity index (χ1v) is 13.7. The number of amides is 1. The number of likely N-dealkylation sites (N-methyl/N-ethyl adjacent to an activating group) is 1. The number of hydrogen-bond donors (Lipinski definition) is 1. The number of carbonyl (C=O) groups is 1. The van der Waals surface area contributed by atoms with Crippen LogP contribution in [0.4, 0.5) is 11.4 Å². The molecule has 5 rings (SSSR count). The summed E-state index contributed by atoms with van der Waals surface area (Å²) in [4.78, 5) is 22.5. The van der Waals surface area contributed by atoms with E-state index in [4.69, 9.17) is 4.98 Å². The number of pyridine rings is 1. The highest BCUT2D eigenvalue weighted by Gasteiger charge is 2.23. The number of rotatable bonds is 5. The van der Waals surface area contributed by atoms with Gasteiger partial charge >= 0.3 is 0 Å². The average molecular weight is 504 g/mol. The number of carbonyl (C=O) groups excluding carboxylic acids is 1. The van der Waals surface area contributed by atoms with Crippen LogP contribution < -0.4 is 10.2 Å². The largest absolute Gasteiger partial charge is 0.368 e. The molecule has 1 aliphatic rings. The Morgan fingerprint density at radius 1 is 1.00 bits per heavy atom. The number of piperazine rings is 1.